The van der Waals surface area contributed by atoms with E-state index in [0.29, 0.717) is 17.0 Å². The monoisotopic (exact) mass is 420 g/mol. The molecule has 0 radical (unpaired) electrons. The van der Waals surface area contributed by atoms with Gasteiger partial charge >= 0.3 is 0 Å². The molecule has 0 unspecified atom stereocenters. The second-order valence-corrected chi connectivity index (χ2v) is 7.01. The zero-order chi connectivity index (χ0) is 22.1. The molecule has 1 heterocycles. The number of aryl methyl sites for hydroxylation is 1. The Bertz CT molecular complexity index is 1200. The van der Waals surface area contributed by atoms with Gasteiger partial charge in [0.2, 0.25) is 0 Å². The van der Waals surface area contributed by atoms with Crippen molar-refractivity contribution in [3.63, 3.8) is 0 Å². The van der Waals surface area contributed by atoms with Crippen molar-refractivity contribution in [1.82, 2.24) is 0 Å². The Labute approximate surface area is 177 Å². The van der Waals surface area contributed by atoms with E-state index in [2.05, 4.69) is 5.32 Å². The highest BCUT2D eigenvalue weighted by Gasteiger charge is 2.40. The van der Waals surface area contributed by atoms with Gasteiger partial charge in [0, 0.05) is 11.8 Å². The van der Waals surface area contributed by atoms with E-state index in [4.69, 9.17) is 4.74 Å². The summed E-state index contributed by atoms with van der Waals surface area (Å²) in [5, 5.41) is 2.81. The van der Waals surface area contributed by atoms with E-state index < -0.39 is 23.4 Å². The van der Waals surface area contributed by atoms with Crippen LogP contribution in [-0.2, 0) is 9.59 Å². The maximum atomic E-state index is 13.7. The fraction of sp³-hybridized carbons (Fsp3) is 0.0833. The molecule has 0 saturated carbocycles. The largest absolute Gasteiger partial charge is 0.497 e. The molecule has 0 spiro atoms. The number of anilines is 2. The number of hydrogen-bond donors (Lipinski definition) is 1. The first kappa shape index (κ1) is 20.3. The van der Waals surface area contributed by atoms with E-state index in [-0.39, 0.29) is 17.0 Å². The fourth-order valence-corrected chi connectivity index (χ4v) is 3.32. The average Bonchev–Trinajstić information content (AvgIpc) is 3.01. The lowest BCUT2D eigenvalue weighted by molar-refractivity contribution is -0.120. The highest BCUT2D eigenvalue weighted by Crippen LogP contribution is 2.34. The van der Waals surface area contributed by atoms with Crippen LogP contribution in [0.2, 0.25) is 0 Å². The van der Waals surface area contributed by atoms with Crippen LogP contribution in [0.15, 0.2) is 72.4 Å². The van der Waals surface area contributed by atoms with Crippen molar-refractivity contribution in [2.24, 2.45) is 0 Å². The Morgan fingerprint density at radius 3 is 2.13 bits per heavy atom. The number of hydrogen-bond acceptors (Lipinski definition) is 4. The molecule has 156 valence electrons. The number of carbonyl (C=O) groups excluding carboxylic acids is 2. The predicted molar refractivity (Wildman–Crippen MR) is 114 cm³/mol. The van der Waals surface area contributed by atoms with Crippen LogP contribution in [0.4, 0.5) is 20.2 Å². The van der Waals surface area contributed by atoms with Crippen LogP contribution in [0.5, 0.6) is 5.75 Å². The first-order chi connectivity index (χ1) is 14.9. The number of ether oxygens (including phenoxy) is 1. The van der Waals surface area contributed by atoms with Gasteiger partial charge in [-0.15, -0.1) is 0 Å². The van der Waals surface area contributed by atoms with Gasteiger partial charge in [0.25, 0.3) is 11.8 Å². The second kappa shape index (κ2) is 8.02. The average molecular weight is 420 g/mol. The zero-order valence-corrected chi connectivity index (χ0v) is 16.8. The molecule has 0 bridgehead atoms. The molecule has 0 aromatic heterocycles. The van der Waals surface area contributed by atoms with Gasteiger partial charge in [-0.05, 0) is 48.9 Å². The summed E-state index contributed by atoms with van der Waals surface area (Å²) in [4.78, 5) is 27.6. The summed E-state index contributed by atoms with van der Waals surface area (Å²) in [6, 6.07) is 16.8. The van der Waals surface area contributed by atoms with Crippen molar-refractivity contribution in [3.05, 3.63) is 95.2 Å². The van der Waals surface area contributed by atoms with E-state index in [0.717, 1.165) is 22.6 Å². The third-order valence-electron chi connectivity index (χ3n) is 4.94. The van der Waals surface area contributed by atoms with E-state index in [1.807, 2.05) is 6.92 Å². The van der Waals surface area contributed by atoms with Gasteiger partial charge in [0.1, 0.15) is 11.4 Å². The highest BCUT2D eigenvalue weighted by molar-refractivity contribution is 6.46. The van der Waals surface area contributed by atoms with E-state index in [1.54, 1.807) is 48.5 Å². The number of rotatable bonds is 5. The first-order valence-corrected chi connectivity index (χ1v) is 9.45. The number of benzene rings is 3. The SMILES string of the molecule is COc1ccc(C2=C(Nc3ccc(F)c(F)c3)C(=O)N(c3ccc(C)cc3)C2=O)cc1. The molecule has 7 heteroatoms. The molecule has 0 atom stereocenters. The molecule has 0 aliphatic carbocycles. The Morgan fingerprint density at radius 2 is 1.52 bits per heavy atom. The number of carbonyl (C=O) groups is 2. The minimum atomic E-state index is -1.07. The van der Waals surface area contributed by atoms with Gasteiger partial charge < -0.3 is 10.1 Å². The van der Waals surface area contributed by atoms with E-state index in [9.17, 15) is 18.4 Å². The van der Waals surface area contributed by atoms with Crippen molar-refractivity contribution in [2.75, 3.05) is 17.3 Å². The zero-order valence-electron chi connectivity index (χ0n) is 16.8. The van der Waals surface area contributed by atoms with Crippen molar-refractivity contribution < 1.29 is 23.1 Å². The Morgan fingerprint density at radius 1 is 0.839 bits per heavy atom. The van der Waals surface area contributed by atoms with Crippen molar-refractivity contribution >= 4 is 28.8 Å². The molecule has 3 aromatic carbocycles. The molecule has 5 nitrogen and oxygen atoms in total. The Kier molecular flexibility index (Phi) is 5.25. The van der Waals surface area contributed by atoms with Gasteiger partial charge in [-0.1, -0.05) is 29.8 Å². The number of halogens is 2. The van der Waals surface area contributed by atoms with Crippen LogP contribution in [0, 0.1) is 18.6 Å². The number of nitrogens with one attached hydrogen (secondary N) is 1. The number of methoxy groups -OCH3 is 1. The molecule has 2 amide bonds. The molecule has 1 aliphatic rings. The van der Waals surface area contributed by atoms with Crippen LogP contribution < -0.4 is 15.0 Å². The summed E-state index contributed by atoms with van der Waals surface area (Å²) >= 11 is 0. The van der Waals surface area contributed by atoms with Gasteiger partial charge in [0.05, 0.1) is 18.4 Å². The quantitative estimate of drug-likeness (QED) is 0.609. The minimum absolute atomic E-state index is 0.0262. The lowest BCUT2D eigenvalue weighted by Gasteiger charge is -2.15. The van der Waals surface area contributed by atoms with Crippen LogP contribution >= 0.6 is 0 Å². The van der Waals surface area contributed by atoms with Crippen LogP contribution in [0.25, 0.3) is 5.57 Å². The van der Waals surface area contributed by atoms with Crippen LogP contribution in [-0.4, -0.2) is 18.9 Å². The summed E-state index contributed by atoms with van der Waals surface area (Å²) < 4.78 is 32.2. The van der Waals surface area contributed by atoms with Gasteiger partial charge in [-0.3, -0.25) is 9.59 Å². The highest BCUT2D eigenvalue weighted by atomic mass is 19.2. The van der Waals surface area contributed by atoms with Crippen molar-refractivity contribution in [2.45, 2.75) is 6.92 Å². The molecule has 1 aliphatic heterocycles. The number of amides is 2. The third-order valence-corrected chi connectivity index (χ3v) is 4.94. The molecule has 0 fully saturated rings. The van der Waals surface area contributed by atoms with Crippen molar-refractivity contribution in [1.29, 1.82) is 0 Å². The van der Waals surface area contributed by atoms with Gasteiger partial charge in [0.15, 0.2) is 11.6 Å². The summed E-state index contributed by atoms with van der Waals surface area (Å²) in [6.07, 6.45) is 0. The maximum Gasteiger partial charge on any atom is 0.282 e. The minimum Gasteiger partial charge on any atom is -0.497 e. The standard InChI is InChI=1S/C24H18F2N2O3/c1-14-3-8-17(9-4-14)28-23(29)21(15-5-10-18(31-2)11-6-15)22(24(28)30)27-16-7-12-19(25)20(26)13-16/h3-13,27H,1-2H3. The summed E-state index contributed by atoms with van der Waals surface area (Å²) in [5.74, 6) is -2.60. The Balaban J connectivity index is 1.81. The van der Waals surface area contributed by atoms with Crippen LogP contribution in [0.3, 0.4) is 0 Å². The second-order valence-electron chi connectivity index (χ2n) is 7.01. The molecule has 3 aromatic rings. The number of nitrogens with zero attached hydrogens (tertiary/aromatic N) is 1. The van der Waals surface area contributed by atoms with Gasteiger partial charge in [-0.2, -0.15) is 0 Å². The Hall–Kier alpha value is -4.00. The fourth-order valence-electron chi connectivity index (χ4n) is 3.32. The van der Waals surface area contributed by atoms with Gasteiger partial charge in [-0.25, -0.2) is 13.7 Å². The van der Waals surface area contributed by atoms with E-state index >= 15 is 0 Å². The van der Waals surface area contributed by atoms with Crippen molar-refractivity contribution in [3.8, 4) is 5.75 Å². The summed E-state index contributed by atoms with van der Waals surface area (Å²) in [6.45, 7) is 1.90. The lowest BCUT2D eigenvalue weighted by atomic mass is 10.0. The molecule has 1 N–H and O–H groups in total. The maximum absolute atomic E-state index is 13.7. The molecule has 31 heavy (non-hydrogen) atoms. The molecule has 4 rings (SSSR count). The first-order valence-electron chi connectivity index (χ1n) is 9.45. The third kappa shape index (κ3) is 3.77. The van der Waals surface area contributed by atoms with E-state index in [1.165, 1.54) is 13.2 Å². The molecular weight excluding hydrogens is 402 g/mol. The lowest BCUT2D eigenvalue weighted by Crippen LogP contribution is -2.32. The summed E-state index contributed by atoms with van der Waals surface area (Å²) in [5.41, 5.74) is 2.12. The molecule has 0 saturated heterocycles. The topological polar surface area (TPSA) is 58.6 Å². The predicted octanol–water partition coefficient (Wildman–Crippen LogP) is 4.68. The molecular formula is C24H18F2N2O3. The van der Waals surface area contributed by atoms with Crippen LogP contribution in [0.1, 0.15) is 11.1 Å². The summed E-state index contributed by atoms with van der Waals surface area (Å²) in [7, 11) is 1.52. The number of imide groups is 1. The normalized spacial score (nSPS) is 13.7. The smallest absolute Gasteiger partial charge is 0.282 e.